The van der Waals surface area contributed by atoms with E-state index in [0.717, 1.165) is 44.9 Å². The summed E-state index contributed by atoms with van der Waals surface area (Å²) in [5, 5.41) is 23.3. The molecule has 0 saturated carbocycles. The normalized spacial score (nSPS) is 12.6. The number of nitrogens with one attached hydrogen (secondary N) is 1. The van der Waals surface area contributed by atoms with Crippen molar-refractivity contribution >= 4 is 11.9 Å². The van der Waals surface area contributed by atoms with Crippen LogP contribution in [0, 0.1) is 0 Å². The zero-order valence-electron chi connectivity index (χ0n) is 54.3. The van der Waals surface area contributed by atoms with Crippen molar-refractivity contribution < 1.29 is 24.5 Å². The lowest BCUT2D eigenvalue weighted by Crippen LogP contribution is -2.45. The van der Waals surface area contributed by atoms with E-state index in [0.29, 0.717) is 19.4 Å². The Labute approximate surface area is 501 Å². The summed E-state index contributed by atoms with van der Waals surface area (Å²) >= 11 is 0. The van der Waals surface area contributed by atoms with Crippen LogP contribution in [0.3, 0.4) is 0 Å². The van der Waals surface area contributed by atoms with Crippen molar-refractivity contribution in [2.24, 2.45) is 0 Å². The van der Waals surface area contributed by atoms with Gasteiger partial charge in [-0.2, -0.15) is 0 Å². The van der Waals surface area contributed by atoms with E-state index in [1.54, 1.807) is 6.08 Å². The van der Waals surface area contributed by atoms with Gasteiger partial charge in [-0.25, -0.2) is 0 Å². The number of allylic oxidation sites excluding steroid dienone is 3. The van der Waals surface area contributed by atoms with Crippen molar-refractivity contribution in [3.8, 4) is 0 Å². The maximum atomic E-state index is 12.5. The number of hydrogen-bond donors (Lipinski definition) is 3. The van der Waals surface area contributed by atoms with Crippen LogP contribution in [-0.2, 0) is 14.3 Å². The van der Waals surface area contributed by atoms with Gasteiger partial charge in [0.2, 0.25) is 5.91 Å². The number of hydrogen-bond acceptors (Lipinski definition) is 5. The van der Waals surface area contributed by atoms with Crippen LogP contribution < -0.4 is 5.32 Å². The monoisotopic (exact) mass is 1130 g/mol. The summed E-state index contributed by atoms with van der Waals surface area (Å²) in [6.07, 6.45) is 88.3. The third kappa shape index (κ3) is 65.5. The molecule has 0 heterocycles. The van der Waals surface area contributed by atoms with E-state index in [-0.39, 0.29) is 18.5 Å². The van der Waals surface area contributed by atoms with Crippen LogP contribution in [0.4, 0.5) is 0 Å². The van der Waals surface area contributed by atoms with Crippen LogP contribution in [0.1, 0.15) is 412 Å². The molecule has 0 radical (unpaired) electrons. The lowest BCUT2D eigenvalue weighted by Gasteiger charge is -2.20. The van der Waals surface area contributed by atoms with Crippen molar-refractivity contribution in [3.63, 3.8) is 0 Å². The maximum absolute atomic E-state index is 12.5. The second kappa shape index (κ2) is 69.8. The Bertz CT molecular complexity index is 1250. The fourth-order valence-electron chi connectivity index (χ4n) is 11.6. The van der Waals surface area contributed by atoms with Crippen LogP contribution >= 0.6 is 0 Å². The highest BCUT2D eigenvalue weighted by molar-refractivity contribution is 5.76. The van der Waals surface area contributed by atoms with Gasteiger partial charge in [-0.3, -0.25) is 9.59 Å². The average Bonchev–Trinajstić information content (AvgIpc) is 3.46. The molecule has 6 heteroatoms. The van der Waals surface area contributed by atoms with Crippen molar-refractivity contribution in [2.75, 3.05) is 13.2 Å². The van der Waals surface area contributed by atoms with E-state index in [2.05, 4.69) is 31.3 Å². The average molecular weight is 1130 g/mol. The number of aliphatic hydroxyl groups is 2. The van der Waals surface area contributed by atoms with Crippen molar-refractivity contribution in [1.29, 1.82) is 0 Å². The molecule has 2 atom stereocenters. The van der Waals surface area contributed by atoms with Gasteiger partial charge in [-0.1, -0.05) is 366 Å². The van der Waals surface area contributed by atoms with Gasteiger partial charge in [-0.05, 0) is 57.8 Å². The molecule has 6 nitrogen and oxygen atoms in total. The van der Waals surface area contributed by atoms with E-state index in [4.69, 9.17) is 4.74 Å². The van der Waals surface area contributed by atoms with Gasteiger partial charge in [0.1, 0.15) is 0 Å². The van der Waals surface area contributed by atoms with E-state index in [1.807, 2.05) is 6.08 Å². The molecule has 0 fully saturated rings. The van der Waals surface area contributed by atoms with Crippen molar-refractivity contribution in [2.45, 2.75) is 424 Å². The third-order valence-corrected chi connectivity index (χ3v) is 17.2. The Hall–Kier alpha value is -1.66. The largest absolute Gasteiger partial charge is 0.466 e. The fraction of sp³-hybridized carbons (Fsp3) is 0.919. The summed E-state index contributed by atoms with van der Waals surface area (Å²) in [4.78, 5) is 24.7. The number of ether oxygens (including phenoxy) is 1. The number of unbranched alkanes of at least 4 members (excludes halogenated alkanes) is 56. The summed E-state index contributed by atoms with van der Waals surface area (Å²) in [5.74, 6) is -0.0486. The molecule has 0 spiro atoms. The minimum atomic E-state index is -0.845. The Balaban J connectivity index is 3.38. The molecule has 0 bridgehead atoms. The highest BCUT2D eigenvalue weighted by Crippen LogP contribution is 2.19. The van der Waals surface area contributed by atoms with Gasteiger partial charge < -0.3 is 20.3 Å². The van der Waals surface area contributed by atoms with Gasteiger partial charge in [0, 0.05) is 12.8 Å². The summed E-state index contributed by atoms with van der Waals surface area (Å²) in [5.41, 5.74) is 0. The molecular formula is C74H143NO5. The SMILES string of the molecule is CCCCCCCC/C=C\CCCCCCCCCCCC(=O)OCCCCCCCCCCCCCCCCCCCCCCCCCC(=O)NC(CO)C(O)/C=C/CCCCCCCCCCCCCCCCCCCCC. The molecule has 0 aromatic heterocycles. The predicted octanol–water partition coefficient (Wildman–Crippen LogP) is 23.7. The van der Waals surface area contributed by atoms with Crippen LogP contribution in [0.15, 0.2) is 24.3 Å². The van der Waals surface area contributed by atoms with Crippen LogP contribution in [0.5, 0.6) is 0 Å². The summed E-state index contributed by atoms with van der Waals surface area (Å²) < 4.78 is 5.51. The van der Waals surface area contributed by atoms with Gasteiger partial charge in [0.05, 0.1) is 25.4 Å². The zero-order chi connectivity index (χ0) is 57.8. The molecule has 0 aliphatic carbocycles. The quantitative estimate of drug-likeness (QED) is 0.0320. The highest BCUT2D eigenvalue weighted by atomic mass is 16.5. The Morgan fingerprint density at radius 2 is 0.588 bits per heavy atom. The smallest absolute Gasteiger partial charge is 0.305 e. The first-order chi connectivity index (χ1) is 39.5. The first-order valence-electron chi connectivity index (χ1n) is 36.6. The second-order valence-corrected chi connectivity index (χ2v) is 25.3. The highest BCUT2D eigenvalue weighted by Gasteiger charge is 2.18. The molecule has 0 aromatic carbocycles. The van der Waals surface area contributed by atoms with Crippen molar-refractivity contribution in [1.82, 2.24) is 5.32 Å². The lowest BCUT2D eigenvalue weighted by atomic mass is 10.0. The van der Waals surface area contributed by atoms with E-state index < -0.39 is 12.1 Å². The molecule has 0 aliphatic rings. The lowest BCUT2D eigenvalue weighted by molar-refractivity contribution is -0.143. The molecule has 3 N–H and O–H groups in total. The van der Waals surface area contributed by atoms with Crippen LogP contribution in [0.25, 0.3) is 0 Å². The van der Waals surface area contributed by atoms with E-state index in [1.165, 1.54) is 340 Å². The third-order valence-electron chi connectivity index (χ3n) is 17.2. The van der Waals surface area contributed by atoms with E-state index >= 15 is 0 Å². The molecule has 0 saturated heterocycles. The zero-order valence-corrected chi connectivity index (χ0v) is 54.3. The molecule has 474 valence electrons. The van der Waals surface area contributed by atoms with Crippen molar-refractivity contribution in [3.05, 3.63) is 24.3 Å². The first kappa shape index (κ1) is 78.3. The predicted molar refractivity (Wildman–Crippen MR) is 352 cm³/mol. The molecule has 1 amide bonds. The minimum Gasteiger partial charge on any atom is -0.466 e. The number of amides is 1. The van der Waals surface area contributed by atoms with E-state index in [9.17, 15) is 19.8 Å². The molecular weight excluding hydrogens is 983 g/mol. The Morgan fingerprint density at radius 1 is 0.338 bits per heavy atom. The second-order valence-electron chi connectivity index (χ2n) is 25.3. The number of rotatable bonds is 69. The van der Waals surface area contributed by atoms with Crippen LogP contribution in [-0.4, -0.2) is 47.4 Å². The Kier molecular flexibility index (Phi) is 68.4. The van der Waals surface area contributed by atoms with Gasteiger partial charge >= 0.3 is 5.97 Å². The summed E-state index contributed by atoms with van der Waals surface area (Å²) in [6.45, 7) is 4.94. The first-order valence-corrected chi connectivity index (χ1v) is 36.6. The van der Waals surface area contributed by atoms with Gasteiger partial charge in [0.15, 0.2) is 0 Å². The fourth-order valence-corrected chi connectivity index (χ4v) is 11.6. The topological polar surface area (TPSA) is 95.9 Å². The number of carbonyl (C=O) groups is 2. The summed E-state index contributed by atoms with van der Waals surface area (Å²) in [7, 11) is 0. The molecule has 2 unspecified atom stereocenters. The molecule has 80 heavy (non-hydrogen) atoms. The number of aliphatic hydroxyl groups excluding tert-OH is 2. The number of carbonyl (C=O) groups excluding carboxylic acids is 2. The molecule has 0 rings (SSSR count). The summed E-state index contributed by atoms with van der Waals surface area (Å²) in [6, 6.07) is -0.628. The van der Waals surface area contributed by atoms with Crippen LogP contribution in [0.2, 0.25) is 0 Å². The van der Waals surface area contributed by atoms with Gasteiger partial charge in [0.25, 0.3) is 0 Å². The Morgan fingerprint density at radius 3 is 0.887 bits per heavy atom. The molecule has 0 aromatic rings. The minimum absolute atomic E-state index is 0.0145. The van der Waals surface area contributed by atoms with Gasteiger partial charge in [-0.15, -0.1) is 0 Å². The maximum Gasteiger partial charge on any atom is 0.305 e. The standard InChI is InChI=1S/C74H143NO5/c1-3-5-7-9-11-13-15-17-19-21-23-27-31-34-38-42-46-50-54-58-62-66-72(77)71(70-76)75-73(78)67-63-59-55-51-47-43-39-35-32-28-25-24-26-29-33-37-41-45-49-53-57-61-65-69-80-74(79)68-64-60-56-52-48-44-40-36-30-22-20-18-16-14-12-10-8-6-4-2/h18,20,62,66,71-72,76-77H,3-17,19,21-61,63-65,67-70H2,1-2H3,(H,75,78)/b20-18-,66-62+. The molecule has 0 aliphatic heterocycles. The number of esters is 1.